The first-order chi connectivity index (χ1) is 14.2. The molecule has 1 aromatic heterocycles. The number of amides is 1. The second-order valence-corrected chi connectivity index (χ2v) is 7.74. The molecule has 2 heterocycles. The lowest BCUT2D eigenvalue weighted by Crippen LogP contribution is -2.40. The summed E-state index contributed by atoms with van der Waals surface area (Å²) >= 11 is 1.63. The van der Waals surface area contributed by atoms with Crippen molar-refractivity contribution >= 4 is 17.2 Å². The number of hydrogen-bond acceptors (Lipinski definition) is 5. The third kappa shape index (κ3) is 3.45. The molecule has 0 N–H and O–H groups in total. The molecule has 1 atom stereocenters. The number of carbonyl (C=O) groups excluding carboxylic acids is 1. The van der Waals surface area contributed by atoms with Crippen LogP contribution in [0.25, 0.3) is 0 Å². The minimum atomic E-state index is -0.193. The molecule has 0 unspecified atom stereocenters. The van der Waals surface area contributed by atoms with E-state index in [2.05, 4.69) is 12.1 Å². The summed E-state index contributed by atoms with van der Waals surface area (Å²) in [6.45, 7) is 0.601. The van der Waals surface area contributed by atoms with Gasteiger partial charge in [0, 0.05) is 17.0 Å². The van der Waals surface area contributed by atoms with Crippen molar-refractivity contribution in [3.05, 3.63) is 81.0 Å². The maximum Gasteiger partial charge on any atom is 0.254 e. The summed E-state index contributed by atoms with van der Waals surface area (Å²) in [5.74, 6) is 1.30. The average Bonchev–Trinajstić information content (AvgIpc) is 3.31. The Morgan fingerprint density at radius 2 is 1.86 bits per heavy atom. The van der Waals surface area contributed by atoms with Crippen LogP contribution in [-0.2, 0) is 6.42 Å². The number of benzene rings is 2. The number of fused-ring (bicyclic) bond motifs is 1. The first-order valence-corrected chi connectivity index (χ1v) is 10.1. The van der Waals surface area contributed by atoms with E-state index < -0.39 is 0 Å². The lowest BCUT2D eigenvalue weighted by atomic mass is 9.90. The molecule has 4 rings (SSSR count). The number of rotatable bonds is 4. The molecule has 1 aliphatic heterocycles. The van der Waals surface area contributed by atoms with Crippen molar-refractivity contribution in [1.82, 2.24) is 4.90 Å². The molecule has 5 nitrogen and oxygen atoms in total. The predicted octanol–water partition coefficient (Wildman–Crippen LogP) is 4.42. The summed E-state index contributed by atoms with van der Waals surface area (Å²) in [5, 5.41) is 11.0. The third-order valence-electron chi connectivity index (χ3n) is 5.21. The zero-order valence-corrected chi connectivity index (χ0v) is 17.0. The maximum atomic E-state index is 13.4. The Labute approximate surface area is 173 Å². The predicted molar refractivity (Wildman–Crippen MR) is 112 cm³/mol. The van der Waals surface area contributed by atoms with E-state index in [0.29, 0.717) is 29.2 Å². The molecular weight excluding hydrogens is 384 g/mol. The molecule has 2 aromatic carbocycles. The highest BCUT2D eigenvalue weighted by molar-refractivity contribution is 7.10. The van der Waals surface area contributed by atoms with Crippen molar-refractivity contribution < 1.29 is 14.3 Å². The Morgan fingerprint density at radius 3 is 2.48 bits per heavy atom. The molecule has 1 aliphatic rings. The fourth-order valence-corrected chi connectivity index (χ4v) is 4.63. The summed E-state index contributed by atoms with van der Waals surface area (Å²) in [7, 11) is 3.25. The smallest absolute Gasteiger partial charge is 0.254 e. The zero-order valence-electron chi connectivity index (χ0n) is 16.2. The highest BCUT2D eigenvalue weighted by atomic mass is 32.1. The summed E-state index contributed by atoms with van der Waals surface area (Å²) in [6, 6.07) is 16.7. The van der Waals surface area contributed by atoms with Gasteiger partial charge in [-0.05, 0) is 65.4 Å². The molecule has 0 bridgehead atoms. The van der Waals surface area contributed by atoms with E-state index in [-0.39, 0.29) is 11.9 Å². The Bertz CT molecular complexity index is 1070. The van der Waals surface area contributed by atoms with E-state index in [9.17, 15) is 4.79 Å². The lowest BCUT2D eigenvalue weighted by molar-refractivity contribution is 0.0697. The Morgan fingerprint density at radius 1 is 1.14 bits per heavy atom. The van der Waals surface area contributed by atoms with Crippen molar-refractivity contribution in [3.63, 3.8) is 0 Å². The lowest BCUT2D eigenvalue weighted by Gasteiger charge is -2.37. The molecule has 0 aliphatic carbocycles. The van der Waals surface area contributed by atoms with Gasteiger partial charge in [0.25, 0.3) is 5.91 Å². The summed E-state index contributed by atoms with van der Waals surface area (Å²) in [6.07, 6.45) is 0.736. The van der Waals surface area contributed by atoms with Gasteiger partial charge in [-0.15, -0.1) is 11.3 Å². The average molecular weight is 404 g/mol. The first-order valence-electron chi connectivity index (χ1n) is 9.25. The van der Waals surface area contributed by atoms with Gasteiger partial charge in [0.2, 0.25) is 0 Å². The highest BCUT2D eigenvalue weighted by Crippen LogP contribution is 2.42. The van der Waals surface area contributed by atoms with Gasteiger partial charge in [-0.3, -0.25) is 4.79 Å². The van der Waals surface area contributed by atoms with Gasteiger partial charge in [0.15, 0.2) is 11.5 Å². The largest absolute Gasteiger partial charge is 0.493 e. The van der Waals surface area contributed by atoms with Crippen molar-refractivity contribution in [2.45, 2.75) is 12.5 Å². The highest BCUT2D eigenvalue weighted by Gasteiger charge is 2.34. The molecule has 6 heteroatoms. The van der Waals surface area contributed by atoms with Crippen molar-refractivity contribution in [2.75, 3.05) is 20.8 Å². The van der Waals surface area contributed by atoms with Crippen LogP contribution in [0.4, 0.5) is 0 Å². The molecule has 0 radical (unpaired) electrons. The number of hydrogen-bond donors (Lipinski definition) is 0. The second kappa shape index (κ2) is 7.98. The normalized spacial score (nSPS) is 15.3. The standard InChI is InChI=1S/C23H20N2O3S/c1-27-19-12-17-9-10-25(23(26)16-7-5-15(14-24)6-8-16)22(21-4-3-11-29-21)18(17)13-20(19)28-2/h3-8,11-13,22H,9-10H2,1-2H3/t22-/m0/s1. The van der Waals surface area contributed by atoms with E-state index in [1.165, 1.54) is 0 Å². The minimum absolute atomic E-state index is 0.0478. The topological polar surface area (TPSA) is 62.6 Å². The molecule has 1 amide bonds. The maximum absolute atomic E-state index is 13.4. The second-order valence-electron chi connectivity index (χ2n) is 6.76. The monoisotopic (exact) mass is 404 g/mol. The Kier molecular flexibility index (Phi) is 5.24. The molecule has 0 saturated heterocycles. The van der Waals surface area contributed by atoms with Gasteiger partial charge < -0.3 is 14.4 Å². The number of ether oxygens (including phenoxy) is 2. The number of nitriles is 1. The van der Waals surface area contributed by atoms with Crippen molar-refractivity contribution in [1.29, 1.82) is 5.26 Å². The van der Waals surface area contributed by atoms with Crippen LogP contribution < -0.4 is 9.47 Å². The molecule has 29 heavy (non-hydrogen) atoms. The molecule has 146 valence electrons. The van der Waals surface area contributed by atoms with Crippen LogP contribution >= 0.6 is 11.3 Å². The summed E-state index contributed by atoms with van der Waals surface area (Å²) in [4.78, 5) is 16.4. The van der Waals surface area contributed by atoms with Gasteiger partial charge in [-0.2, -0.15) is 5.26 Å². The van der Waals surface area contributed by atoms with Gasteiger partial charge in [-0.1, -0.05) is 6.07 Å². The summed E-state index contributed by atoms with van der Waals surface area (Å²) < 4.78 is 11.0. The number of methoxy groups -OCH3 is 2. The van der Waals surface area contributed by atoms with E-state index >= 15 is 0 Å². The molecule has 0 spiro atoms. The van der Waals surface area contributed by atoms with E-state index in [0.717, 1.165) is 22.4 Å². The van der Waals surface area contributed by atoms with E-state index in [1.54, 1.807) is 49.8 Å². The van der Waals surface area contributed by atoms with E-state index in [1.807, 2.05) is 28.5 Å². The molecule has 3 aromatic rings. The van der Waals surface area contributed by atoms with Gasteiger partial charge in [0.05, 0.1) is 31.9 Å². The summed E-state index contributed by atoms with van der Waals surface area (Å²) in [5.41, 5.74) is 3.33. The van der Waals surface area contributed by atoms with Crippen LogP contribution in [-0.4, -0.2) is 31.6 Å². The van der Waals surface area contributed by atoms with Crippen molar-refractivity contribution in [3.8, 4) is 17.6 Å². The van der Waals surface area contributed by atoms with Crippen LogP contribution in [0.1, 0.15) is 38.0 Å². The van der Waals surface area contributed by atoms with Crippen LogP contribution in [0.5, 0.6) is 11.5 Å². The van der Waals surface area contributed by atoms with Crippen LogP contribution in [0, 0.1) is 11.3 Å². The first kappa shape index (κ1) is 19.0. The quantitative estimate of drug-likeness (QED) is 0.646. The number of thiophene rings is 1. The molecular formula is C23H20N2O3S. The Balaban J connectivity index is 1.79. The number of nitrogens with zero attached hydrogens (tertiary/aromatic N) is 2. The third-order valence-corrected chi connectivity index (χ3v) is 6.13. The minimum Gasteiger partial charge on any atom is -0.493 e. The van der Waals surface area contributed by atoms with Gasteiger partial charge in [-0.25, -0.2) is 0 Å². The van der Waals surface area contributed by atoms with Crippen LogP contribution in [0.3, 0.4) is 0 Å². The fourth-order valence-electron chi connectivity index (χ4n) is 3.77. The van der Waals surface area contributed by atoms with Crippen molar-refractivity contribution in [2.24, 2.45) is 0 Å². The SMILES string of the molecule is COc1cc2c(cc1OC)[C@@H](c1cccs1)N(C(=O)c1ccc(C#N)cc1)CC2. The van der Waals surface area contributed by atoms with E-state index in [4.69, 9.17) is 14.7 Å². The number of carbonyl (C=O) groups is 1. The molecule has 0 fully saturated rings. The van der Waals surface area contributed by atoms with Gasteiger partial charge >= 0.3 is 0 Å². The fraction of sp³-hybridized carbons (Fsp3) is 0.217. The van der Waals surface area contributed by atoms with Crippen LogP contribution in [0.2, 0.25) is 0 Å². The zero-order chi connectivity index (χ0) is 20.4. The van der Waals surface area contributed by atoms with Gasteiger partial charge in [0.1, 0.15) is 0 Å². The molecule has 0 saturated carbocycles. The Hall–Kier alpha value is -3.30. The van der Waals surface area contributed by atoms with Crippen LogP contribution in [0.15, 0.2) is 53.9 Å².